The average Bonchev–Trinajstić information content (AvgIpc) is 2.79. The summed E-state index contributed by atoms with van der Waals surface area (Å²) in [6.45, 7) is 0. The van der Waals surface area contributed by atoms with E-state index < -0.39 is 11.9 Å². The van der Waals surface area contributed by atoms with Crippen molar-refractivity contribution in [2.45, 2.75) is 0 Å². The van der Waals surface area contributed by atoms with Crippen LogP contribution in [-0.4, -0.2) is 28.8 Å². The van der Waals surface area contributed by atoms with Crippen LogP contribution in [0.5, 0.6) is 0 Å². The number of halogens is 1. The first-order valence-corrected chi connectivity index (χ1v) is 6.26. The van der Waals surface area contributed by atoms with E-state index in [0.717, 1.165) is 0 Å². The number of benzene rings is 1. The van der Waals surface area contributed by atoms with Crippen LogP contribution in [0.2, 0.25) is 0 Å². The molecular formula is C12H11BrN4O3. The number of hydrogen-bond donors (Lipinski definition) is 2. The third-order valence-corrected chi connectivity index (χ3v) is 3.09. The predicted molar refractivity (Wildman–Crippen MR) is 75.5 cm³/mol. The van der Waals surface area contributed by atoms with E-state index in [4.69, 9.17) is 11.5 Å². The first-order chi connectivity index (χ1) is 9.43. The van der Waals surface area contributed by atoms with Crippen LogP contribution in [0.3, 0.4) is 0 Å². The normalized spacial score (nSPS) is 10.3. The fraction of sp³-hybridized carbons (Fsp3) is 0.0833. The van der Waals surface area contributed by atoms with E-state index in [1.165, 1.54) is 18.0 Å². The maximum atomic E-state index is 11.5. The minimum absolute atomic E-state index is 0.0224. The van der Waals surface area contributed by atoms with Crippen LogP contribution < -0.4 is 11.5 Å². The summed E-state index contributed by atoms with van der Waals surface area (Å²) in [6, 6.07) is 4.92. The highest BCUT2D eigenvalue weighted by Gasteiger charge is 2.18. The second-order valence-electron chi connectivity index (χ2n) is 3.89. The Morgan fingerprint density at radius 2 is 2.10 bits per heavy atom. The SMILES string of the molecule is COC(=O)c1nn(-c2ccc(Br)cc2C(N)=O)cc1N. The third kappa shape index (κ3) is 2.50. The maximum absolute atomic E-state index is 11.5. The Balaban J connectivity index is 2.58. The van der Waals surface area contributed by atoms with E-state index in [2.05, 4.69) is 25.8 Å². The summed E-state index contributed by atoms with van der Waals surface area (Å²) in [5.41, 5.74) is 11.8. The molecule has 0 saturated carbocycles. The molecule has 0 saturated heterocycles. The van der Waals surface area contributed by atoms with Crippen molar-refractivity contribution in [1.29, 1.82) is 0 Å². The van der Waals surface area contributed by atoms with Gasteiger partial charge in [0.2, 0.25) is 0 Å². The van der Waals surface area contributed by atoms with Crippen molar-refractivity contribution in [3.05, 3.63) is 40.1 Å². The topological polar surface area (TPSA) is 113 Å². The summed E-state index contributed by atoms with van der Waals surface area (Å²) in [5.74, 6) is -1.27. The van der Waals surface area contributed by atoms with Crippen LogP contribution in [0.4, 0.5) is 5.69 Å². The molecule has 0 bridgehead atoms. The number of carbonyl (C=O) groups excluding carboxylic acids is 2. The highest BCUT2D eigenvalue weighted by atomic mass is 79.9. The largest absolute Gasteiger partial charge is 0.464 e. The number of amides is 1. The van der Waals surface area contributed by atoms with Gasteiger partial charge in [0.15, 0.2) is 5.69 Å². The van der Waals surface area contributed by atoms with Gasteiger partial charge in [-0.15, -0.1) is 0 Å². The number of nitrogens with zero attached hydrogens (tertiary/aromatic N) is 2. The van der Waals surface area contributed by atoms with Crippen molar-refractivity contribution in [1.82, 2.24) is 9.78 Å². The molecule has 0 aliphatic heterocycles. The number of aromatic nitrogens is 2. The molecule has 4 N–H and O–H groups in total. The van der Waals surface area contributed by atoms with Gasteiger partial charge >= 0.3 is 5.97 Å². The molecule has 0 radical (unpaired) electrons. The van der Waals surface area contributed by atoms with E-state index in [9.17, 15) is 9.59 Å². The summed E-state index contributed by atoms with van der Waals surface area (Å²) in [7, 11) is 1.23. The number of hydrogen-bond acceptors (Lipinski definition) is 5. The zero-order chi connectivity index (χ0) is 14.9. The van der Waals surface area contributed by atoms with Crippen molar-refractivity contribution in [3.8, 4) is 5.69 Å². The lowest BCUT2D eigenvalue weighted by Gasteiger charge is -2.07. The zero-order valence-electron chi connectivity index (χ0n) is 10.5. The molecule has 7 nitrogen and oxygen atoms in total. The lowest BCUT2D eigenvalue weighted by molar-refractivity contribution is 0.0594. The summed E-state index contributed by atoms with van der Waals surface area (Å²) < 4.78 is 6.58. The fourth-order valence-corrected chi connectivity index (χ4v) is 2.03. The van der Waals surface area contributed by atoms with Crippen LogP contribution in [0.15, 0.2) is 28.9 Å². The van der Waals surface area contributed by atoms with Gasteiger partial charge in [-0.25, -0.2) is 9.48 Å². The molecular weight excluding hydrogens is 328 g/mol. The van der Waals surface area contributed by atoms with Gasteiger partial charge in [-0.2, -0.15) is 5.10 Å². The molecule has 8 heteroatoms. The van der Waals surface area contributed by atoms with Crippen molar-refractivity contribution >= 4 is 33.5 Å². The van der Waals surface area contributed by atoms with E-state index in [-0.39, 0.29) is 16.9 Å². The minimum Gasteiger partial charge on any atom is -0.464 e. The molecule has 0 spiro atoms. The van der Waals surface area contributed by atoms with E-state index in [1.807, 2.05) is 0 Å². The molecule has 1 heterocycles. The number of methoxy groups -OCH3 is 1. The molecule has 1 aromatic heterocycles. The first kappa shape index (κ1) is 14.1. The quantitative estimate of drug-likeness (QED) is 0.813. The Kier molecular flexibility index (Phi) is 3.75. The van der Waals surface area contributed by atoms with Gasteiger partial charge in [-0.05, 0) is 18.2 Å². The van der Waals surface area contributed by atoms with Gasteiger partial charge in [0.1, 0.15) is 0 Å². The second-order valence-corrected chi connectivity index (χ2v) is 4.81. The molecule has 0 atom stereocenters. The Bertz CT molecular complexity index is 696. The van der Waals surface area contributed by atoms with Gasteiger partial charge < -0.3 is 16.2 Å². The van der Waals surface area contributed by atoms with Crippen molar-refractivity contribution in [3.63, 3.8) is 0 Å². The molecule has 0 unspecified atom stereocenters. The van der Waals surface area contributed by atoms with Crippen LogP contribution in [-0.2, 0) is 4.74 Å². The summed E-state index contributed by atoms with van der Waals surface area (Å²) in [5, 5.41) is 4.02. The number of anilines is 1. The monoisotopic (exact) mass is 338 g/mol. The van der Waals surface area contributed by atoms with Crippen LogP contribution in [0.1, 0.15) is 20.8 Å². The Hall–Kier alpha value is -2.35. The van der Waals surface area contributed by atoms with Crippen LogP contribution in [0, 0.1) is 0 Å². The highest BCUT2D eigenvalue weighted by Crippen LogP contribution is 2.21. The lowest BCUT2D eigenvalue weighted by atomic mass is 10.1. The van der Waals surface area contributed by atoms with Crippen LogP contribution in [0.25, 0.3) is 5.69 Å². The van der Waals surface area contributed by atoms with E-state index in [1.54, 1.807) is 18.2 Å². The highest BCUT2D eigenvalue weighted by molar-refractivity contribution is 9.10. The number of ether oxygens (including phenoxy) is 1. The molecule has 104 valence electrons. The number of rotatable bonds is 3. The lowest BCUT2D eigenvalue weighted by Crippen LogP contribution is -2.15. The molecule has 2 rings (SSSR count). The molecule has 2 aromatic rings. The maximum Gasteiger partial charge on any atom is 0.360 e. The van der Waals surface area contributed by atoms with Gasteiger partial charge in [-0.1, -0.05) is 15.9 Å². The zero-order valence-corrected chi connectivity index (χ0v) is 12.0. The van der Waals surface area contributed by atoms with Gasteiger partial charge in [0, 0.05) is 4.47 Å². The van der Waals surface area contributed by atoms with Gasteiger partial charge in [-0.3, -0.25) is 4.79 Å². The van der Waals surface area contributed by atoms with Crippen LogP contribution >= 0.6 is 15.9 Å². The Morgan fingerprint density at radius 1 is 1.40 bits per heavy atom. The number of primary amides is 1. The molecule has 1 aromatic carbocycles. The van der Waals surface area contributed by atoms with E-state index >= 15 is 0 Å². The van der Waals surface area contributed by atoms with Crippen molar-refractivity contribution < 1.29 is 14.3 Å². The average molecular weight is 339 g/mol. The Morgan fingerprint density at radius 3 is 2.70 bits per heavy atom. The molecule has 0 fully saturated rings. The molecule has 1 amide bonds. The number of nitrogens with two attached hydrogens (primary N) is 2. The summed E-state index contributed by atoms with van der Waals surface area (Å²) >= 11 is 3.26. The fourth-order valence-electron chi connectivity index (χ4n) is 1.67. The minimum atomic E-state index is -0.654. The smallest absolute Gasteiger partial charge is 0.360 e. The first-order valence-electron chi connectivity index (χ1n) is 5.47. The Labute approximate surface area is 122 Å². The second kappa shape index (κ2) is 5.33. The summed E-state index contributed by atoms with van der Waals surface area (Å²) in [6.07, 6.45) is 1.42. The molecule has 20 heavy (non-hydrogen) atoms. The van der Waals surface area contributed by atoms with Gasteiger partial charge in [0.25, 0.3) is 5.91 Å². The number of nitrogen functional groups attached to an aromatic ring is 1. The summed E-state index contributed by atoms with van der Waals surface area (Å²) in [4.78, 5) is 22.9. The van der Waals surface area contributed by atoms with Crippen molar-refractivity contribution in [2.24, 2.45) is 5.73 Å². The van der Waals surface area contributed by atoms with Gasteiger partial charge in [0.05, 0.1) is 30.2 Å². The third-order valence-electron chi connectivity index (χ3n) is 2.59. The van der Waals surface area contributed by atoms with E-state index in [0.29, 0.717) is 10.2 Å². The standard InChI is InChI=1S/C12H11BrN4O3/c1-20-12(19)10-8(14)5-17(16-10)9-3-2-6(13)4-7(9)11(15)18/h2-5H,14H2,1H3,(H2,15,18). The van der Waals surface area contributed by atoms with Crippen molar-refractivity contribution in [2.75, 3.05) is 12.8 Å². The predicted octanol–water partition coefficient (Wildman–Crippen LogP) is 1.10. The molecule has 0 aliphatic rings. The number of carbonyl (C=O) groups is 2. The number of esters is 1. The molecule has 0 aliphatic carbocycles.